The summed E-state index contributed by atoms with van der Waals surface area (Å²) in [6.07, 6.45) is 1.42. The van der Waals surface area contributed by atoms with Crippen LogP contribution < -0.4 is 5.32 Å². The maximum absolute atomic E-state index is 5.42. The molecule has 1 aliphatic heterocycles. The van der Waals surface area contributed by atoms with Crippen LogP contribution in [0.4, 0.5) is 0 Å². The lowest BCUT2D eigenvalue weighted by atomic mass is 10.1. The van der Waals surface area contributed by atoms with E-state index in [1.54, 1.807) is 14.2 Å². The highest BCUT2D eigenvalue weighted by Gasteiger charge is 2.17. The predicted molar refractivity (Wildman–Crippen MR) is 65.8 cm³/mol. The van der Waals surface area contributed by atoms with Gasteiger partial charge < -0.3 is 19.7 Å². The molecule has 2 atom stereocenters. The van der Waals surface area contributed by atoms with Crippen molar-refractivity contribution in [3.05, 3.63) is 0 Å². The van der Waals surface area contributed by atoms with Crippen LogP contribution in [-0.2, 0) is 9.47 Å². The molecule has 0 saturated carbocycles. The van der Waals surface area contributed by atoms with Gasteiger partial charge in [0.15, 0.2) is 0 Å². The van der Waals surface area contributed by atoms with Crippen molar-refractivity contribution in [3.8, 4) is 0 Å². The highest BCUT2D eigenvalue weighted by molar-refractivity contribution is 4.72. The Labute approximate surface area is 99.3 Å². The fraction of sp³-hybridized carbons (Fsp3) is 1.00. The molecule has 2 unspecified atom stereocenters. The van der Waals surface area contributed by atoms with Crippen LogP contribution >= 0.6 is 0 Å². The van der Waals surface area contributed by atoms with Crippen LogP contribution in [0.15, 0.2) is 0 Å². The molecule has 0 aromatic carbocycles. The lowest BCUT2D eigenvalue weighted by Crippen LogP contribution is -2.43. The van der Waals surface area contributed by atoms with Gasteiger partial charge in [-0.2, -0.15) is 0 Å². The van der Waals surface area contributed by atoms with Gasteiger partial charge in [-0.1, -0.05) is 6.92 Å². The minimum Gasteiger partial charge on any atom is -0.382 e. The van der Waals surface area contributed by atoms with Crippen molar-refractivity contribution in [2.24, 2.45) is 5.92 Å². The standard InChI is InChI=1S/C12H26N2O2/c1-11-7-13-5-4-6-14(8-11)9-12(16-3)10-15-2/h11-13H,4-10H2,1-3H3. The molecule has 4 heteroatoms. The molecule has 96 valence electrons. The van der Waals surface area contributed by atoms with E-state index >= 15 is 0 Å². The van der Waals surface area contributed by atoms with Gasteiger partial charge in [0, 0.05) is 27.3 Å². The Balaban J connectivity index is 2.36. The number of rotatable bonds is 5. The minimum atomic E-state index is 0.199. The van der Waals surface area contributed by atoms with Gasteiger partial charge in [-0.15, -0.1) is 0 Å². The van der Waals surface area contributed by atoms with Crippen molar-refractivity contribution in [1.29, 1.82) is 0 Å². The molecule has 1 fully saturated rings. The van der Waals surface area contributed by atoms with E-state index < -0.39 is 0 Å². The second-order valence-corrected chi connectivity index (χ2v) is 4.74. The van der Waals surface area contributed by atoms with Gasteiger partial charge in [-0.05, 0) is 32.0 Å². The van der Waals surface area contributed by atoms with E-state index in [9.17, 15) is 0 Å². The summed E-state index contributed by atoms with van der Waals surface area (Å²) in [5, 5.41) is 3.47. The van der Waals surface area contributed by atoms with Crippen LogP contribution in [0, 0.1) is 5.92 Å². The Morgan fingerprint density at radius 1 is 1.44 bits per heavy atom. The minimum absolute atomic E-state index is 0.199. The smallest absolute Gasteiger partial charge is 0.0931 e. The SMILES string of the molecule is COCC(CN1CCCNCC(C)C1)OC. The highest BCUT2D eigenvalue weighted by Crippen LogP contribution is 2.06. The van der Waals surface area contributed by atoms with E-state index in [1.807, 2.05) is 0 Å². The third-order valence-electron chi connectivity index (χ3n) is 3.04. The van der Waals surface area contributed by atoms with Gasteiger partial charge in [-0.3, -0.25) is 0 Å². The van der Waals surface area contributed by atoms with Crippen molar-refractivity contribution >= 4 is 0 Å². The van der Waals surface area contributed by atoms with E-state index in [1.165, 1.54) is 6.42 Å². The van der Waals surface area contributed by atoms with Crippen molar-refractivity contribution in [2.75, 3.05) is 53.6 Å². The van der Waals surface area contributed by atoms with Gasteiger partial charge in [-0.25, -0.2) is 0 Å². The summed E-state index contributed by atoms with van der Waals surface area (Å²) in [4.78, 5) is 2.50. The maximum Gasteiger partial charge on any atom is 0.0931 e. The first-order chi connectivity index (χ1) is 7.76. The number of nitrogens with one attached hydrogen (secondary N) is 1. The number of hydrogen-bond acceptors (Lipinski definition) is 4. The van der Waals surface area contributed by atoms with Crippen LogP contribution in [0.5, 0.6) is 0 Å². The molecule has 1 N–H and O–H groups in total. The summed E-state index contributed by atoms with van der Waals surface area (Å²) in [5.41, 5.74) is 0. The summed E-state index contributed by atoms with van der Waals surface area (Å²) in [6, 6.07) is 0. The molecular formula is C12H26N2O2. The molecule has 0 spiro atoms. The first kappa shape index (κ1) is 13.9. The molecule has 1 rings (SSSR count). The van der Waals surface area contributed by atoms with E-state index in [4.69, 9.17) is 9.47 Å². The highest BCUT2D eigenvalue weighted by atomic mass is 16.5. The van der Waals surface area contributed by atoms with E-state index in [-0.39, 0.29) is 6.10 Å². The Morgan fingerprint density at radius 3 is 2.94 bits per heavy atom. The summed E-state index contributed by atoms with van der Waals surface area (Å²) in [5.74, 6) is 0.709. The van der Waals surface area contributed by atoms with Gasteiger partial charge in [0.1, 0.15) is 0 Å². The number of ether oxygens (including phenoxy) is 2. The second-order valence-electron chi connectivity index (χ2n) is 4.74. The normalized spacial score (nSPS) is 26.1. The molecule has 0 amide bonds. The number of methoxy groups -OCH3 is 2. The molecule has 4 nitrogen and oxygen atoms in total. The zero-order chi connectivity index (χ0) is 11.8. The number of nitrogens with zero attached hydrogens (tertiary/aromatic N) is 1. The van der Waals surface area contributed by atoms with Gasteiger partial charge >= 0.3 is 0 Å². The molecule has 0 aromatic rings. The van der Waals surface area contributed by atoms with Gasteiger partial charge in [0.05, 0.1) is 12.7 Å². The molecule has 0 radical (unpaired) electrons. The monoisotopic (exact) mass is 230 g/mol. The maximum atomic E-state index is 5.42. The molecular weight excluding hydrogens is 204 g/mol. The van der Waals surface area contributed by atoms with E-state index in [2.05, 4.69) is 17.1 Å². The van der Waals surface area contributed by atoms with Crippen LogP contribution in [-0.4, -0.2) is 64.6 Å². The van der Waals surface area contributed by atoms with Gasteiger partial charge in [0.25, 0.3) is 0 Å². The lowest BCUT2D eigenvalue weighted by Gasteiger charge is -2.31. The molecule has 0 bridgehead atoms. The fourth-order valence-corrected chi connectivity index (χ4v) is 2.21. The molecule has 0 aliphatic carbocycles. The Bertz CT molecular complexity index is 178. The molecule has 0 aromatic heterocycles. The second kappa shape index (κ2) is 8.01. The first-order valence-electron chi connectivity index (χ1n) is 6.21. The zero-order valence-corrected chi connectivity index (χ0v) is 10.9. The molecule has 16 heavy (non-hydrogen) atoms. The fourth-order valence-electron chi connectivity index (χ4n) is 2.21. The Morgan fingerprint density at radius 2 is 2.25 bits per heavy atom. The Hall–Kier alpha value is -0.160. The molecule has 1 heterocycles. The van der Waals surface area contributed by atoms with Crippen LogP contribution in [0.3, 0.4) is 0 Å². The topological polar surface area (TPSA) is 33.7 Å². The quantitative estimate of drug-likeness (QED) is 0.749. The van der Waals surface area contributed by atoms with Crippen LogP contribution in [0.1, 0.15) is 13.3 Å². The summed E-state index contributed by atoms with van der Waals surface area (Å²) < 4.78 is 10.6. The Kier molecular flexibility index (Phi) is 6.96. The van der Waals surface area contributed by atoms with Gasteiger partial charge in [0.2, 0.25) is 0 Å². The van der Waals surface area contributed by atoms with Crippen molar-refractivity contribution in [1.82, 2.24) is 10.2 Å². The van der Waals surface area contributed by atoms with Crippen LogP contribution in [0.25, 0.3) is 0 Å². The summed E-state index contributed by atoms with van der Waals surface area (Å²) >= 11 is 0. The van der Waals surface area contributed by atoms with E-state index in [0.717, 1.165) is 32.7 Å². The first-order valence-corrected chi connectivity index (χ1v) is 6.21. The lowest BCUT2D eigenvalue weighted by molar-refractivity contribution is 0.00272. The van der Waals surface area contributed by atoms with Crippen molar-refractivity contribution in [3.63, 3.8) is 0 Å². The average Bonchev–Trinajstić information content (AvgIpc) is 2.24. The largest absolute Gasteiger partial charge is 0.382 e. The van der Waals surface area contributed by atoms with E-state index in [0.29, 0.717) is 12.5 Å². The van der Waals surface area contributed by atoms with Crippen molar-refractivity contribution < 1.29 is 9.47 Å². The average molecular weight is 230 g/mol. The zero-order valence-electron chi connectivity index (χ0n) is 10.9. The molecule has 1 aliphatic rings. The third kappa shape index (κ3) is 5.25. The number of hydrogen-bond donors (Lipinski definition) is 1. The van der Waals surface area contributed by atoms with Crippen LogP contribution in [0.2, 0.25) is 0 Å². The predicted octanol–water partition coefficient (Wildman–Crippen LogP) is 0.579. The van der Waals surface area contributed by atoms with Crippen molar-refractivity contribution in [2.45, 2.75) is 19.4 Å². The molecule has 1 saturated heterocycles. The summed E-state index contributed by atoms with van der Waals surface area (Å²) in [6.45, 7) is 8.51. The summed E-state index contributed by atoms with van der Waals surface area (Å²) in [7, 11) is 3.49. The third-order valence-corrected chi connectivity index (χ3v) is 3.04.